The number of rotatable bonds is 8. The van der Waals surface area contributed by atoms with Crippen LogP contribution in [0, 0.1) is 5.92 Å². The molecule has 1 aromatic carbocycles. The Kier molecular flexibility index (Phi) is 7.19. The molecule has 0 aliphatic carbocycles. The summed E-state index contributed by atoms with van der Waals surface area (Å²) < 4.78 is 0. The maximum absolute atomic E-state index is 12.2. The second kappa shape index (κ2) is 8.70. The first-order valence-electron chi connectivity index (χ1n) is 7.19. The van der Waals surface area contributed by atoms with Crippen LogP contribution in [-0.2, 0) is 11.3 Å². The van der Waals surface area contributed by atoms with Crippen LogP contribution in [0.5, 0.6) is 0 Å². The lowest BCUT2D eigenvalue weighted by Gasteiger charge is -2.22. The molecule has 0 radical (unpaired) electrons. The number of nitrogens with two attached hydrogens (primary N) is 1. The van der Waals surface area contributed by atoms with E-state index in [1.165, 1.54) is 5.56 Å². The quantitative estimate of drug-likeness (QED) is 0.783. The average Bonchev–Trinajstić information content (AvgIpc) is 2.43. The maximum Gasteiger partial charge on any atom is 0.222 e. The van der Waals surface area contributed by atoms with Crippen molar-refractivity contribution in [1.29, 1.82) is 0 Å². The van der Waals surface area contributed by atoms with Crippen LogP contribution in [0.25, 0.3) is 0 Å². The second-order valence-corrected chi connectivity index (χ2v) is 5.11. The fourth-order valence-corrected chi connectivity index (χ4v) is 2.14. The average molecular weight is 262 g/mol. The van der Waals surface area contributed by atoms with E-state index in [4.69, 9.17) is 5.73 Å². The van der Waals surface area contributed by atoms with Gasteiger partial charge in [0.25, 0.3) is 0 Å². The highest BCUT2D eigenvalue weighted by Crippen LogP contribution is 2.12. The highest BCUT2D eigenvalue weighted by Gasteiger charge is 2.13. The van der Waals surface area contributed by atoms with Crippen molar-refractivity contribution in [1.82, 2.24) is 4.90 Å². The van der Waals surface area contributed by atoms with E-state index in [0.717, 1.165) is 19.4 Å². The zero-order valence-electron chi connectivity index (χ0n) is 12.1. The number of carbonyl (C=O) groups excluding carboxylic acids is 1. The largest absolute Gasteiger partial charge is 0.339 e. The van der Waals surface area contributed by atoms with Gasteiger partial charge in [0.15, 0.2) is 0 Å². The second-order valence-electron chi connectivity index (χ2n) is 5.11. The zero-order valence-corrected chi connectivity index (χ0v) is 12.1. The zero-order chi connectivity index (χ0) is 14.1. The van der Waals surface area contributed by atoms with Crippen molar-refractivity contribution in [2.75, 3.05) is 13.1 Å². The van der Waals surface area contributed by atoms with Gasteiger partial charge in [-0.25, -0.2) is 0 Å². The summed E-state index contributed by atoms with van der Waals surface area (Å²) in [5, 5.41) is 0. The molecule has 1 atom stereocenters. The molecule has 0 aliphatic heterocycles. The summed E-state index contributed by atoms with van der Waals surface area (Å²) in [6.07, 6.45) is 2.56. The third-order valence-corrected chi connectivity index (χ3v) is 3.46. The van der Waals surface area contributed by atoms with E-state index in [2.05, 4.69) is 19.1 Å². The molecule has 0 fully saturated rings. The van der Waals surface area contributed by atoms with Crippen molar-refractivity contribution in [2.24, 2.45) is 11.7 Å². The van der Waals surface area contributed by atoms with Gasteiger partial charge < -0.3 is 10.6 Å². The SMILES string of the molecule is CCN(Cc1ccccc1)C(=O)CCC(C)CCN. The van der Waals surface area contributed by atoms with Crippen molar-refractivity contribution in [3.63, 3.8) is 0 Å². The molecule has 3 nitrogen and oxygen atoms in total. The molecule has 0 saturated heterocycles. The summed E-state index contributed by atoms with van der Waals surface area (Å²) >= 11 is 0. The predicted octanol–water partition coefficient (Wildman–Crippen LogP) is 2.80. The van der Waals surface area contributed by atoms with E-state index in [1.54, 1.807) is 0 Å². The van der Waals surface area contributed by atoms with Gasteiger partial charge in [-0.3, -0.25) is 4.79 Å². The van der Waals surface area contributed by atoms with Crippen molar-refractivity contribution >= 4 is 5.91 Å². The lowest BCUT2D eigenvalue weighted by Crippen LogP contribution is -2.30. The minimum atomic E-state index is 0.246. The number of nitrogens with zero attached hydrogens (tertiary/aromatic N) is 1. The Bertz CT molecular complexity index is 364. The Morgan fingerprint density at radius 1 is 1.26 bits per heavy atom. The van der Waals surface area contributed by atoms with E-state index in [9.17, 15) is 4.79 Å². The van der Waals surface area contributed by atoms with Crippen LogP contribution in [0.1, 0.15) is 38.7 Å². The Morgan fingerprint density at radius 2 is 1.95 bits per heavy atom. The van der Waals surface area contributed by atoms with Gasteiger partial charge in [0.1, 0.15) is 0 Å². The molecule has 0 spiro atoms. The lowest BCUT2D eigenvalue weighted by atomic mass is 10.0. The number of hydrogen-bond donors (Lipinski definition) is 1. The first kappa shape index (κ1) is 15.7. The molecule has 106 valence electrons. The van der Waals surface area contributed by atoms with Gasteiger partial charge >= 0.3 is 0 Å². The van der Waals surface area contributed by atoms with Crippen LogP contribution in [0.3, 0.4) is 0 Å². The fourth-order valence-electron chi connectivity index (χ4n) is 2.14. The van der Waals surface area contributed by atoms with Gasteiger partial charge in [0, 0.05) is 19.5 Å². The predicted molar refractivity (Wildman–Crippen MR) is 79.6 cm³/mol. The third-order valence-electron chi connectivity index (χ3n) is 3.46. The minimum Gasteiger partial charge on any atom is -0.339 e. The highest BCUT2D eigenvalue weighted by atomic mass is 16.2. The van der Waals surface area contributed by atoms with E-state index in [0.29, 0.717) is 25.4 Å². The summed E-state index contributed by atoms with van der Waals surface area (Å²) in [6.45, 7) is 6.37. The first-order valence-corrected chi connectivity index (χ1v) is 7.19. The molecule has 3 heteroatoms. The molecular formula is C16H26N2O. The lowest BCUT2D eigenvalue weighted by molar-refractivity contribution is -0.131. The molecule has 0 bridgehead atoms. The third kappa shape index (κ3) is 5.88. The Labute approximate surface area is 116 Å². The van der Waals surface area contributed by atoms with E-state index in [-0.39, 0.29) is 5.91 Å². The van der Waals surface area contributed by atoms with Crippen molar-refractivity contribution in [3.8, 4) is 0 Å². The van der Waals surface area contributed by atoms with Crippen LogP contribution in [0.15, 0.2) is 30.3 Å². The molecule has 1 amide bonds. The summed E-state index contributed by atoms with van der Waals surface area (Å²) in [4.78, 5) is 14.1. The monoisotopic (exact) mass is 262 g/mol. The Balaban J connectivity index is 2.44. The molecule has 1 rings (SSSR count). The van der Waals surface area contributed by atoms with E-state index < -0.39 is 0 Å². The van der Waals surface area contributed by atoms with Gasteiger partial charge in [-0.2, -0.15) is 0 Å². The molecule has 0 saturated carbocycles. The molecule has 0 aromatic heterocycles. The molecule has 0 aliphatic rings. The molecule has 2 N–H and O–H groups in total. The van der Waals surface area contributed by atoms with Crippen molar-refractivity contribution < 1.29 is 4.79 Å². The van der Waals surface area contributed by atoms with Crippen LogP contribution < -0.4 is 5.73 Å². The van der Waals surface area contributed by atoms with Crippen molar-refractivity contribution in [2.45, 2.75) is 39.7 Å². The summed E-state index contributed by atoms with van der Waals surface area (Å²) in [5.41, 5.74) is 6.72. The van der Waals surface area contributed by atoms with E-state index in [1.807, 2.05) is 30.0 Å². The topological polar surface area (TPSA) is 46.3 Å². The van der Waals surface area contributed by atoms with Crippen molar-refractivity contribution in [3.05, 3.63) is 35.9 Å². The summed E-state index contributed by atoms with van der Waals surface area (Å²) in [5.74, 6) is 0.777. The minimum absolute atomic E-state index is 0.246. The van der Waals surface area contributed by atoms with Crippen LogP contribution in [0.2, 0.25) is 0 Å². The molecule has 1 unspecified atom stereocenters. The number of benzene rings is 1. The first-order chi connectivity index (χ1) is 9.17. The smallest absolute Gasteiger partial charge is 0.222 e. The van der Waals surface area contributed by atoms with Crippen LogP contribution >= 0.6 is 0 Å². The molecular weight excluding hydrogens is 236 g/mol. The molecule has 1 aromatic rings. The van der Waals surface area contributed by atoms with Gasteiger partial charge in [-0.15, -0.1) is 0 Å². The highest BCUT2D eigenvalue weighted by molar-refractivity contribution is 5.76. The summed E-state index contributed by atoms with van der Waals surface area (Å²) in [6, 6.07) is 10.1. The van der Waals surface area contributed by atoms with E-state index >= 15 is 0 Å². The molecule has 19 heavy (non-hydrogen) atoms. The standard InChI is InChI=1S/C16H26N2O/c1-3-18(13-15-7-5-4-6-8-15)16(19)10-9-14(2)11-12-17/h4-8,14H,3,9-13,17H2,1-2H3. The van der Waals surface area contributed by atoms with Crippen LogP contribution in [0.4, 0.5) is 0 Å². The normalized spacial score (nSPS) is 12.2. The Morgan fingerprint density at radius 3 is 2.53 bits per heavy atom. The maximum atomic E-state index is 12.2. The number of amides is 1. The fraction of sp³-hybridized carbons (Fsp3) is 0.562. The Hall–Kier alpha value is -1.35. The molecule has 0 heterocycles. The van der Waals surface area contributed by atoms with Gasteiger partial charge in [0.2, 0.25) is 5.91 Å². The summed E-state index contributed by atoms with van der Waals surface area (Å²) in [7, 11) is 0. The van der Waals surface area contributed by atoms with Crippen LogP contribution in [-0.4, -0.2) is 23.9 Å². The number of carbonyl (C=O) groups is 1. The van der Waals surface area contributed by atoms with Gasteiger partial charge in [-0.05, 0) is 37.8 Å². The van der Waals surface area contributed by atoms with Gasteiger partial charge in [-0.1, -0.05) is 37.3 Å². The number of hydrogen-bond acceptors (Lipinski definition) is 2. The van der Waals surface area contributed by atoms with Gasteiger partial charge in [0.05, 0.1) is 0 Å².